The van der Waals surface area contributed by atoms with Crippen molar-refractivity contribution >= 4 is 5.91 Å². The van der Waals surface area contributed by atoms with Gasteiger partial charge in [0, 0.05) is 56.7 Å². The first-order valence-corrected chi connectivity index (χ1v) is 9.53. The number of amides is 1. The molecular formula is C19H27N5O2. The Hall–Kier alpha value is -2.15. The molecule has 1 atom stereocenters. The summed E-state index contributed by atoms with van der Waals surface area (Å²) >= 11 is 0. The minimum absolute atomic E-state index is 0.123. The molecule has 1 aliphatic carbocycles. The summed E-state index contributed by atoms with van der Waals surface area (Å²) in [5.41, 5.74) is 2.66. The first-order valence-electron chi connectivity index (χ1n) is 9.53. The number of H-pyrrole nitrogens is 1. The number of aromatic nitrogens is 4. The summed E-state index contributed by atoms with van der Waals surface area (Å²) in [6, 6.07) is 0. The van der Waals surface area contributed by atoms with Crippen LogP contribution in [0.15, 0.2) is 12.4 Å². The fraction of sp³-hybridized carbons (Fsp3) is 0.632. The largest absolute Gasteiger partial charge is 0.383 e. The molecule has 0 bridgehead atoms. The third kappa shape index (κ3) is 3.28. The van der Waals surface area contributed by atoms with E-state index in [9.17, 15) is 4.79 Å². The number of rotatable bonds is 6. The molecule has 3 heterocycles. The van der Waals surface area contributed by atoms with Crippen LogP contribution in [0.5, 0.6) is 0 Å². The van der Waals surface area contributed by atoms with Crippen molar-refractivity contribution in [1.82, 2.24) is 24.6 Å². The van der Waals surface area contributed by atoms with Crippen molar-refractivity contribution in [3.05, 3.63) is 35.2 Å². The highest BCUT2D eigenvalue weighted by atomic mass is 16.5. The molecule has 1 amide bonds. The molecule has 2 aliphatic rings. The minimum Gasteiger partial charge on any atom is -0.383 e. The molecule has 2 aromatic heterocycles. The van der Waals surface area contributed by atoms with Crippen LogP contribution in [-0.2, 0) is 11.3 Å². The van der Waals surface area contributed by atoms with E-state index in [4.69, 9.17) is 4.74 Å². The van der Waals surface area contributed by atoms with Crippen molar-refractivity contribution in [3.63, 3.8) is 0 Å². The molecule has 1 unspecified atom stereocenters. The van der Waals surface area contributed by atoms with Crippen LogP contribution in [-0.4, -0.2) is 57.4 Å². The molecule has 0 aromatic carbocycles. The maximum atomic E-state index is 13.2. The normalized spacial score (nSPS) is 20.5. The van der Waals surface area contributed by atoms with E-state index in [1.807, 2.05) is 24.2 Å². The summed E-state index contributed by atoms with van der Waals surface area (Å²) in [6.45, 7) is 4.94. The lowest BCUT2D eigenvalue weighted by Gasteiger charge is -2.33. The van der Waals surface area contributed by atoms with Gasteiger partial charge in [0.05, 0.1) is 17.9 Å². The van der Waals surface area contributed by atoms with Crippen molar-refractivity contribution in [1.29, 1.82) is 0 Å². The molecule has 2 aromatic rings. The number of hydrogen-bond acceptors (Lipinski definition) is 4. The molecule has 1 saturated heterocycles. The standard InChI is InChI=1S/C19H27N5O2/c1-13-16(17(22-21-13)14-5-6-14)19(25)24-8-3-4-15(12-24)18-20-7-9-23(18)10-11-26-2/h7,9,14-15H,3-6,8,10-12H2,1-2H3,(H,21,22). The zero-order valence-corrected chi connectivity index (χ0v) is 15.6. The van der Waals surface area contributed by atoms with Gasteiger partial charge in [0.1, 0.15) is 5.82 Å². The second-order valence-corrected chi connectivity index (χ2v) is 7.45. The molecule has 2 fully saturated rings. The fourth-order valence-corrected chi connectivity index (χ4v) is 3.96. The molecule has 7 nitrogen and oxygen atoms in total. The van der Waals surface area contributed by atoms with Gasteiger partial charge in [0.25, 0.3) is 5.91 Å². The number of nitrogens with one attached hydrogen (secondary N) is 1. The van der Waals surface area contributed by atoms with E-state index in [0.29, 0.717) is 12.5 Å². The zero-order chi connectivity index (χ0) is 18.1. The molecule has 0 spiro atoms. The smallest absolute Gasteiger partial charge is 0.257 e. The molecule has 140 valence electrons. The molecule has 26 heavy (non-hydrogen) atoms. The van der Waals surface area contributed by atoms with Crippen LogP contribution < -0.4 is 0 Å². The number of aryl methyl sites for hydroxylation is 1. The third-order valence-corrected chi connectivity index (χ3v) is 5.51. The average Bonchev–Trinajstić information content (AvgIpc) is 3.27. The van der Waals surface area contributed by atoms with Crippen molar-refractivity contribution in [2.45, 2.75) is 51.0 Å². The van der Waals surface area contributed by atoms with Gasteiger partial charge >= 0.3 is 0 Å². The summed E-state index contributed by atoms with van der Waals surface area (Å²) in [5.74, 6) is 1.92. The lowest BCUT2D eigenvalue weighted by molar-refractivity contribution is 0.0700. The number of carbonyl (C=O) groups is 1. The SMILES string of the molecule is COCCn1ccnc1C1CCCN(C(=O)c2c(C3CC3)n[nH]c2C)C1. The van der Waals surface area contributed by atoms with Crippen LogP contribution in [0.4, 0.5) is 0 Å². The molecule has 1 saturated carbocycles. The number of aromatic amines is 1. The Morgan fingerprint density at radius 3 is 2.96 bits per heavy atom. The van der Waals surface area contributed by atoms with Gasteiger partial charge < -0.3 is 14.2 Å². The summed E-state index contributed by atoms with van der Waals surface area (Å²) < 4.78 is 7.35. The number of hydrogen-bond donors (Lipinski definition) is 1. The number of carbonyl (C=O) groups excluding carboxylic acids is 1. The van der Waals surface area contributed by atoms with Gasteiger partial charge in [0.2, 0.25) is 0 Å². The molecule has 1 aliphatic heterocycles. The zero-order valence-electron chi connectivity index (χ0n) is 15.6. The monoisotopic (exact) mass is 357 g/mol. The third-order valence-electron chi connectivity index (χ3n) is 5.51. The first-order chi connectivity index (χ1) is 12.7. The van der Waals surface area contributed by atoms with E-state index in [1.54, 1.807) is 7.11 Å². The van der Waals surface area contributed by atoms with E-state index < -0.39 is 0 Å². The minimum atomic E-state index is 0.123. The Balaban J connectivity index is 1.51. The number of piperidine rings is 1. The van der Waals surface area contributed by atoms with Crippen LogP contribution in [0.25, 0.3) is 0 Å². The molecule has 4 rings (SSSR count). The second kappa shape index (κ2) is 7.23. The Morgan fingerprint density at radius 2 is 2.19 bits per heavy atom. The van der Waals surface area contributed by atoms with Crippen molar-refractivity contribution in [2.24, 2.45) is 0 Å². The van der Waals surface area contributed by atoms with Crippen LogP contribution in [0.3, 0.4) is 0 Å². The topological polar surface area (TPSA) is 76.0 Å². The van der Waals surface area contributed by atoms with Crippen LogP contribution in [0.1, 0.15) is 65.1 Å². The second-order valence-electron chi connectivity index (χ2n) is 7.45. The Morgan fingerprint density at radius 1 is 1.35 bits per heavy atom. The number of likely N-dealkylation sites (tertiary alicyclic amines) is 1. The lowest BCUT2D eigenvalue weighted by atomic mass is 9.96. The maximum absolute atomic E-state index is 13.2. The van der Waals surface area contributed by atoms with Crippen molar-refractivity contribution in [3.8, 4) is 0 Å². The van der Waals surface area contributed by atoms with Crippen LogP contribution in [0.2, 0.25) is 0 Å². The van der Waals surface area contributed by atoms with Gasteiger partial charge in [-0.3, -0.25) is 9.89 Å². The average molecular weight is 357 g/mol. The van der Waals surface area contributed by atoms with Crippen LogP contribution >= 0.6 is 0 Å². The summed E-state index contributed by atoms with van der Waals surface area (Å²) in [4.78, 5) is 19.8. The first kappa shape index (κ1) is 17.3. The number of nitrogens with zero attached hydrogens (tertiary/aromatic N) is 4. The van der Waals surface area contributed by atoms with Gasteiger partial charge in [-0.2, -0.15) is 5.10 Å². The summed E-state index contributed by atoms with van der Waals surface area (Å²) in [7, 11) is 1.71. The van der Waals surface area contributed by atoms with Gasteiger partial charge in [-0.25, -0.2) is 4.98 Å². The van der Waals surface area contributed by atoms with E-state index in [1.165, 1.54) is 0 Å². The number of methoxy groups -OCH3 is 1. The van der Waals surface area contributed by atoms with Crippen molar-refractivity contribution < 1.29 is 9.53 Å². The Kier molecular flexibility index (Phi) is 4.80. The fourth-order valence-electron chi connectivity index (χ4n) is 3.96. The highest BCUT2D eigenvalue weighted by molar-refractivity contribution is 5.96. The predicted octanol–water partition coefficient (Wildman–Crippen LogP) is 2.46. The van der Waals surface area contributed by atoms with Gasteiger partial charge in [-0.05, 0) is 32.6 Å². The highest BCUT2D eigenvalue weighted by Crippen LogP contribution is 2.41. The van der Waals surface area contributed by atoms with E-state index in [2.05, 4.69) is 19.7 Å². The Labute approximate surface area is 153 Å². The summed E-state index contributed by atoms with van der Waals surface area (Å²) in [6.07, 6.45) is 8.20. The van der Waals surface area contributed by atoms with Gasteiger partial charge in [-0.1, -0.05) is 0 Å². The molecule has 7 heteroatoms. The van der Waals surface area contributed by atoms with E-state index in [-0.39, 0.29) is 11.8 Å². The van der Waals surface area contributed by atoms with Crippen molar-refractivity contribution in [2.75, 3.05) is 26.8 Å². The number of imidazole rings is 1. The Bertz CT molecular complexity index is 777. The summed E-state index contributed by atoms with van der Waals surface area (Å²) in [5, 5.41) is 7.43. The highest BCUT2D eigenvalue weighted by Gasteiger charge is 2.35. The molecular weight excluding hydrogens is 330 g/mol. The number of ether oxygens (including phenoxy) is 1. The van der Waals surface area contributed by atoms with E-state index >= 15 is 0 Å². The maximum Gasteiger partial charge on any atom is 0.257 e. The van der Waals surface area contributed by atoms with Gasteiger partial charge in [0.15, 0.2) is 0 Å². The predicted molar refractivity (Wildman–Crippen MR) is 97.3 cm³/mol. The molecule has 1 N–H and O–H groups in total. The quantitative estimate of drug-likeness (QED) is 0.862. The van der Waals surface area contributed by atoms with E-state index in [0.717, 1.165) is 68.1 Å². The van der Waals surface area contributed by atoms with Crippen LogP contribution in [0, 0.1) is 6.92 Å². The molecule has 0 radical (unpaired) electrons. The van der Waals surface area contributed by atoms with Gasteiger partial charge in [-0.15, -0.1) is 0 Å². The lowest BCUT2D eigenvalue weighted by Crippen LogP contribution is -2.40.